The molecule has 2 rings (SSSR count). The molecule has 1 aliphatic rings. The van der Waals surface area contributed by atoms with Crippen molar-refractivity contribution in [3.8, 4) is 5.75 Å². The summed E-state index contributed by atoms with van der Waals surface area (Å²) in [5.41, 5.74) is 0.905. The second-order valence-corrected chi connectivity index (χ2v) is 3.33. The van der Waals surface area contributed by atoms with Crippen molar-refractivity contribution >= 4 is 12.4 Å². The van der Waals surface area contributed by atoms with Crippen LogP contribution in [0.3, 0.4) is 0 Å². The average Bonchev–Trinajstić information content (AvgIpc) is 2.53. The zero-order chi connectivity index (χ0) is 9.26. The van der Waals surface area contributed by atoms with Gasteiger partial charge in [0.1, 0.15) is 11.9 Å². The van der Waals surface area contributed by atoms with Crippen LogP contribution in [0.4, 0.5) is 4.39 Å². The maximum atomic E-state index is 13.2. The SMILES string of the molecule is Cl.Oc1ccc(C2NCCC2F)cc1. The molecule has 1 aromatic rings. The lowest BCUT2D eigenvalue weighted by atomic mass is 10.0. The molecule has 2 atom stereocenters. The fraction of sp³-hybridized carbons (Fsp3) is 0.400. The van der Waals surface area contributed by atoms with Crippen molar-refractivity contribution in [3.05, 3.63) is 29.8 Å². The molecule has 0 spiro atoms. The number of benzene rings is 1. The summed E-state index contributed by atoms with van der Waals surface area (Å²) in [5.74, 6) is 0.220. The Morgan fingerprint density at radius 1 is 1.29 bits per heavy atom. The van der Waals surface area contributed by atoms with Crippen LogP contribution in [0.2, 0.25) is 0 Å². The van der Waals surface area contributed by atoms with Gasteiger partial charge in [-0.3, -0.25) is 0 Å². The van der Waals surface area contributed by atoms with Crippen LogP contribution in [-0.4, -0.2) is 17.8 Å². The van der Waals surface area contributed by atoms with Crippen molar-refractivity contribution in [2.24, 2.45) is 0 Å². The standard InChI is InChI=1S/C10H12FNO.ClH/c11-9-5-6-12-10(9)7-1-3-8(13)4-2-7;/h1-4,9-10,12-13H,5-6H2;1H. The van der Waals surface area contributed by atoms with E-state index in [0.29, 0.717) is 6.42 Å². The summed E-state index contributed by atoms with van der Waals surface area (Å²) in [6.07, 6.45) is -0.226. The molecule has 78 valence electrons. The molecule has 0 bridgehead atoms. The molecular weight excluding hydrogens is 205 g/mol. The minimum Gasteiger partial charge on any atom is -0.508 e. The van der Waals surface area contributed by atoms with Crippen molar-refractivity contribution in [2.75, 3.05) is 6.54 Å². The molecule has 0 aromatic heterocycles. The van der Waals surface area contributed by atoms with Crippen LogP contribution in [-0.2, 0) is 0 Å². The zero-order valence-corrected chi connectivity index (χ0v) is 8.43. The van der Waals surface area contributed by atoms with Crippen molar-refractivity contribution in [1.29, 1.82) is 0 Å². The van der Waals surface area contributed by atoms with Gasteiger partial charge in [-0.05, 0) is 30.7 Å². The average molecular weight is 218 g/mol. The number of hydrogen-bond acceptors (Lipinski definition) is 2. The molecule has 1 fully saturated rings. The molecule has 1 aliphatic heterocycles. The highest BCUT2D eigenvalue weighted by Gasteiger charge is 2.27. The first-order chi connectivity index (χ1) is 6.27. The third-order valence-corrected chi connectivity index (χ3v) is 2.40. The van der Waals surface area contributed by atoms with Crippen LogP contribution in [0.25, 0.3) is 0 Å². The molecule has 0 saturated carbocycles. The Bertz CT molecular complexity index is 291. The number of aromatic hydroxyl groups is 1. The fourth-order valence-electron chi connectivity index (χ4n) is 1.68. The second-order valence-electron chi connectivity index (χ2n) is 3.33. The molecule has 14 heavy (non-hydrogen) atoms. The van der Waals surface area contributed by atoms with E-state index in [4.69, 9.17) is 5.11 Å². The van der Waals surface area contributed by atoms with Gasteiger partial charge in [0.05, 0.1) is 6.04 Å². The summed E-state index contributed by atoms with van der Waals surface area (Å²) in [5, 5.41) is 12.1. The zero-order valence-electron chi connectivity index (χ0n) is 7.61. The summed E-state index contributed by atoms with van der Waals surface area (Å²) in [6.45, 7) is 0.729. The Balaban J connectivity index is 0.000000980. The first kappa shape index (κ1) is 11.3. The number of phenols is 1. The van der Waals surface area contributed by atoms with Gasteiger partial charge in [0.2, 0.25) is 0 Å². The highest BCUT2D eigenvalue weighted by Crippen LogP contribution is 2.27. The van der Waals surface area contributed by atoms with Crippen molar-refractivity contribution < 1.29 is 9.50 Å². The van der Waals surface area contributed by atoms with Crippen LogP contribution in [0.1, 0.15) is 18.0 Å². The highest BCUT2D eigenvalue weighted by atomic mass is 35.5. The maximum absolute atomic E-state index is 13.2. The van der Waals surface area contributed by atoms with Crippen LogP contribution < -0.4 is 5.32 Å². The van der Waals surface area contributed by atoms with Crippen molar-refractivity contribution in [3.63, 3.8) is 0 Å². The molecule has 2 N–H and O–H groups in total. The third kappa shape index (κ3) is 2.16. The Hall–Kier alpha value is -0.800. The second kappa shape index (κ2) is 4.62. The lowest BCUT2D eigenvalue weighted by molar-refractivity contribution is 0.304. The molecule has 2 unspecified atom stereocenters. The largest absolute Gasteiger partial charge is 0.508 e. The van der Waals surface area contributed by atoms with Crippen LogP contribution in [0.5, 0.6) is 5.75 Å². The van der Waals surface area contributed by atoms with Crippen LogP contribution in [0, 0.1) is 0 Å². The highest BCUT2D eigenvalue weighted by molar-refractivity contribution is 5.85. The third-order valence-electron chi connectivity index (χ3n) is 2.40. The number of phenolic OH excluding ortho intramolecular Hbond substituents is 1. The Morgan fingerprint density at radius 3 is 2.43 bits per heavy atom. The van der Waals surface area contributed by atoms with Gasteiger partial charge in [-0.25, -0.2) is 4.39 Å². The monoisotopic (exact) mass is 217 g/mol. The van der Waals surface area contributed by atoms with Gasteiger partial charge in [-0.15, -0.1) is 12.4 Å². The smallest absolute Gasteiger partial charge is 0.121 e. The lowest BCUT2D eigenvalue weighted by Gasteiger charge is -2.13. The predicted molar refractivity (Wildman–Crippen MR) is 55.6 cm³/mol. The summed E-state index contributed by atoms with van der Waals surface area (Å²) >= 11 is 0. The van der Waals surface area contributed by atoms with E-state index in [1.54, 1.807) is 24.3 Å². The maximum Gasteiger partial charge on any atom is 0.121 e. The molecule has 0 radical (unpaired) electrons. The number of rotatable bonds is 1. The first-order valence-corrected chi connectivity index (χ1v) is 4.44. The molecule has 0 amide bonds. The first-order valence-electron chi connectivity index (χ1n) is 4.44. The lowest BCUT2D eigenvalue weighted by Crippen LogP contribution is -2.18. The summed E-state index contributed by atoms with van der Waals surface area (Å²) in [7, 11) is 0. The minimum absolute atomic E-state index is 0. The molecule has 2 nitrogen and oxygen atoms in total. The number of hydrogen-bond donors (Lipinski definition) is 2. The van der Waals surface area contributed by atoms with Gasteiger partial charge >= 0.3 is 0 Å². The molecule has 0 aliphatic carbocycles. The van der Waals surface area contributed by atoms with E-state index in [-0.39, 0.29) is 24.2 Å². The van der Waals surface area contributed by atoms with E-state index >= 15 is 0 Å². The topological polar surface area (TPSA) is 32.3 Å². The quantitative estimate of drug-likeness (QED) is 0.756. The summed E-state index contributed by atoms with van der Waals surface area (Å²) in [4.78, 5) is 0. The van der Waals surface area contributed by atoms with E-state index in [9.17, 15) is 4.39 Å². The summed E-state index contributed by atoms with van der Waals surface area (Å²) < 4.78 is 13.2. The van der Waals surface area contributed by atoms with Gasteiger partial charge in [0.15, 0.2) is 0 Å². The van der Waals surface area contributed by atoms with Crippen molar-refractivity contribution in [2.45, 2.75) is 18.6 Å². The van der Waals surface area contributed by atoms with E-state index < -0.39 is 6.17 Å². The molecule has 1 heterocycles. The van der Waals surface area contributed by atoms with E-state index in [0.717, 1.165) is 12.1 Å². The van der Waals surface area contributed by atoms with E-state index in [2.05, 4.69) is 5.32 Å². The molecular formula is C10H13ClFNO. The predicted octanol–water partition coefficient (Wildman–Crippen LogP) is 2.19. The van der Waals surface area contributed by atoms with Gasteiger partial charge in [0, 0.05) is 0 Å². The molecule has 1 saturated heterocycles. The fourth-order valence-corrected chi connectivity index (χ4v) is 1.68. The van der Waals surface area contributed by atoms with E-state index in [1.165, 1.54) is 0 Å². The van der Waals surface area contributed by atoms with Gasteiger partial charge in [-0.2, -0.15) is 0 Å². The van der Waals surface area contributed by atoms with Crippen LogP contribution >= 0.6 is 12.4 Å². The van der Waals surface area contributed by atoms with Gasteiger partial charge in [-0.1, -0.05) is 12.1 Å². The Kier molecular flexibility index (Phi) is 3.72. The molecule has 1 aromatic carbocycles. The van der Waals surface area contributed by atoms with Gasteiger partial charge in [0.25, 0.3) is 0 Å². The molecule has 4 heteroatoms. The summed E-state index contributed by atoms with van der Waals surface area (Å²) in [6, 6.07) is 6.49. The van der Waals surface area contributed by atoms with Gasteiger partial charge < -0.3 is 10.4 Å². The number of halogens is 2. The Morgan fingerprint density at radius 2 is 1.93 bits per heavy atom. The minimum atomic E-state index is -0.801. The van der Waals surface area contributed by atoms with E-state index in [1.807, 2.05) is 0 Å². The Labute approximate surface area is 88.5 Å². The number of nitrogens with one attached hydrogen (secondary N) is 1. The van der Waals surface area contributed by atoms with Crippen LogP contribution in [0.15, 0.2) is 24.3 Å². The van der Waals surface area contributed by atoms with Crippen molar-refractivity contribution in [1.82, 2.24) is 5.32 Å². The number of alkyl halides is 1. The normalized spacial score (nSPS) is 25.8.